The number of nitrogens with zero attached hydrogens (tertiary/aromatic N) is 6. The first-order valence-corrected chi connectivity index (χ1v) is 14.3. The van der Waals surface area contributed by atoms with E-state index >= 15 is 0 Å². The first-order chi connectivity index (χ1) is 20.8. The highest BCUT2D eigenvalue weighted by Crippen LogP contribution is 2.69. The summed E-state index contributed by atoms with van der Waals surface area (Å²) in [5.41, 5.74) is 6.52. The molecule has 1 aliphatic carbocycles. The van der Waals surface area contributed by atoms with Crippen molar-refractivity contribution in [3.63, 3.8) is 0 Å². The maximum atomic E-state index is 14.3. The van der Waals surface area contributed by atoms with Crippen LogP contribution in [0.5, 0.6) is 0 Å². The molecule has 11 heteroatoms. The number of fused-ring (bicyclic) bond motifs is 2. The monoisotopic (exact) mass is 572 g/mol. The van der Waals surface area contributed by atoms with Gasteiger partial charge < -0.3 is 16.2 Å². The summed E-state index contributed by atoms with van der Waals surface area (Å²) in [4.78, 5) is 39.2. The summed E-state index contributed by atoms with van der Waals surface area (Å²) in [6, 6.07) is 15.5. The van der Waals surface area contributed by atoms with E-state index in [1.54, 1.807) is 43.6 Å². The van der Waals surface area contributed by atoms with Gasteiger partial charge in [0, 0.05) is 30.4 Å². The number of aliphatic hydroxyl groups is 1. The first-order valence-electron chi connectivity index (χ1n) is 14.3. The summed E-state index contributed by atoms with van der Waals surface area (Å²) in [6.45, 7) is 3.76. The molecule has 0 bridgehead atoms. The molecule has 3 aliphatic rings. The van der Waals surface area contributed by atoms with E-state index in [1.165, 1.54) is 9.08 Å². The van der Waals surface area contributed by atoms with Gasteiger partial charge in [-0.25, -0.2) is 14.5 Å². The Kier molecular flexibility index (Phi) is 5.35. The lowest BCUT2D eigenvalue weighted by Gasteiger charge is -2.40. The molecule has 3 unspecified atom stereocenters. The largest absolute Gasteiger partial charge is 0.381 e. The van der Waals surface area contributed by atoms with Crippen molar-refractivity contribution in [2.75, 3.05) is 18.8 Å². The van der Waals surface area contributed by atoms with Crippen molar-refractivity contribution < 1.29 is 9.90 Å². The van der Waals surface area contributed by atoms with E-state index < -0.39 is 17.6 Å². The molecule has 5 aromatic rings. The minimum Gasteiger partial charge on any atom is -0.381 e. The van der Waals surface area contributed by atoms with Crippen LogP contribution in [0.1, 0.15) is 47.6 Å². The lowest BCUT2D eigenvalue weighted by Crippen LogP contribution is -2.53. The number of hydrogen-bond donors (Lipinski definition) is 3. The number of rotatable bonds is 4. The summed E-state index contributed by atoms with van der Waals surface area (Å²) in [7, 11) is 0. The minimum absolute atomic E-state index is 0.0459. The van der Waals surface area contributed by atoms with E-state index in [-0.39, 0.29) is 28.4 Å². The number of aromatic nitrogens is 5. The highest BCUT2D eigenvalue weighted by molar-refractivity contribution is 6.04. The van der Waals surface area contributed by atoms with Crippen LogP contribution in [0.2, 0.25) is 0 Å². The fraction of sp³-hybridized carbons (Fsp3) is 0.281. The number of benzene rings is 2. The zero-order chi connectivity index (χ0) is 29.5. The van der Waals surface area contributed by atoms with Crippen LogP contribution < -0.4 is 16.6 Å². The second-order valence-electron chi connectivity index (χ2n) is 11.5. The summed E-state index contributed by atoms with van der Waals surface area (Å²) in [6.07, 6.45) is 5.11. The normalized spacial score (nSPS) is 24.5. The molecule has 3 fully saturated rings. The lowest BCUT2D eigenvalue weighted by atomic mass is 9.97. The Hall–Kier alpha value is -5.05. The van der Waals surface area contributed by atoms with Gasteiger partial charge in [-0.3, -0.25) is 19.1 Å². The number of carbonyl (C=O) groups is 1. The first kappa shape index (κ1) is 25.6. The Labute approximate surface area is 246 Å². The number of piperidine rings is 1. The number of nitrogens with two attached hydrogens (primary N) is 1. The van der Waals surface area contributed by atoms with Crippen LogP contribution >= 0.6 is 0 Å². The van der Waals surface area contributed by atoms with Crippen molar-refractivity contribution in [2.24, 2.45) is 5.92 Å². The van der Waals surface area contributed by atoms with Crippen LogP contribution in [0.3, 0.4) is 0 Å². The van der Waals surface area contributed by atoms with Crippen LogP contribution in [-0.2, 0) is 0 Å². The van der Waals surface area contributed by atoms with Gasteiger partial charge in [0.2, 0.25) is 0 Å². The average molecular weight is 573 g/mol. The average Bonchev–Trinajstić information content (AvgIpc) is 3.20. The van der Waals surface area contributed by atoms with E-state index in [1.807, 2.05) is 30.3 Å². The molecule has 2 aliphatic heterocycles. The highest BCUT2D eigenvalue weighted by Gasteiger charge is 2.83. The van der Waals surface area contributed by atoms with E-state index in [0.717, 1.165) is 25.9 Å². The molecular formula is C32H28N8O3. The van der Waals surface area contributed by atoms with Gasteiger partial charge in [-0.15, -0.1) is 5.10 Å². The second kappa shape index (κ2) is 8.97. The number of hydrogen-bond acceptors (Lipinski definition) is 8. The van der Waals surface area contributed by atoms with Gasteiger partial charge in [0.1, 0.15) is 17.0 Å². The number of anilines is 1. The van der Waals surface area contributed by atoms with Gasteiger partial charge in [0.25, 0.3) is 11.5 Å². The third-order valence-electron chi connectivity index (χ3n) is 9.38. The van der Waals surface area contributed by atoms with Gasteiger partial charge in [0.15, 0.2) is 11.5 Å². The molecule has 0 radical (unpaired) electrons. The number of nitrogens with one attached hydrogen (secondary N) is 1. The Balaban J connectivity index is 1.22. The molecule has 1 spiro atoms. The molecule has 214 valence electrons. The predicted octanol–water partition coefficient (Wildman–Crippen LogP) is 2.06. The Morgan fingerprint density at radius 3 is 2.77 bits per heavy atom. The molecule has 2 aromatic carbocycles. The molecule has 4 atom stereocenters. The summed E-state index contributed by atoms with van der Waals surface area (Å²) >= 11 is 0. The molecule has 2 saturated heterocycles. The van der Waals surface area contributed by atoms with Crippen LogP contribution in [0.4, 0.5) is 5.82 Å². The van der Waals surface area contributed by atoms with Gasteiger partial charge >= 0.3 is 0 Å². The standard InChI is InChI=1S/C32H28N8O3/c1-19(35-29(41)25-26(33)37-39-16-6-15-34-28(25)39)27-36-22-10-5-7-20(24(22)30(42)40(27)21-8-3-2-4-9-21)11-13-32(43)23-12-17-38-18-14-31(23,32)38/h2-10,15-16,19,23,43H,12,14,17-18H2,1H3,(H2,33,37)(H,35,41)/t19-,23?,31?,32?/m0/s1. The smallest absolute Gasteiger partial charge is 0.267 e. The van der Waals surface area contributed by atoms with Crippen LogP contribution in [0.15, 0.2) is 71.8 Å². The van der Waals surface area contributed by atoms with Crippen molar-refractivity contribution in [1.29, 1.82) is 0 Å². The molecule has 1 amide bonds. The van der Waals surface area contributed by atoms with E-state index in [9.17, 15) is 14.7 Å². The minimum atomic E-state index is -1.05. The Morgan fingerprint density at radius 1 is 1.16 bits per heavy atom. The fourth-order valence-corrected chi connectivity index (χ4v) is 7.25. The molecular weight excluding hydrogens is 544 g/mol. The van der Waals surface area contributed by atoms with Crippen molar-refractivity contribution >= 4 is 28.3 Å². The van der Waals surface area contributed by atoms with Crippen molar-refractivity contribution in [1.82, 2.24) is 34.4 Å². The van der Waals surface area contributed by atoms with Gasteiger partial charge in [0.05, 0.1) is 28.2 Å². The van der Waals surface area contributed by atoms with Crippen LogP contribution in [0.25, 0.3) is 22.2 Å². The van der Waals surface area contributed by atoms with Crippen LogP contribution in [0, 0.1) is 17.8 Å². The number of para-hydroxylation sites is 1. The van der Waals surface area contributed by atoms with Gasteiger partial charge in [-0.2, -0.15) is 0 Å². The topological polar surface area (TPSA) is 144 Å². The molecule has 43 heavy (non-hydrogen) atoms. The molecule has 3 aromatic heterocycles. The quantitative estimate of drug-likeness (QED) is 0.278. The van der Waals surface area contributed by atoms with Crippen molar-refractivity contribution in [3.8, 4) is 17.5 Å². The van der Waals surface area contributed by atoms with E-state index in [4.69, 9.17) is 10.7 Å². The van der Waals surface area contributed by atoms with Gasteiger partial charge in [-0.05, 0) is 56.6 Å². The Bertz CT molecular complexity index is 2090. The van der Waals surface area contributed by atoms with Crippen molar-refractivity contribution in [2.45, 2.75) is 36.9 Å². The maximum Gasteiger partial charge on any atom is 0.267 e. The third-order valence-corrected chi connectivity index (χ3v) is 9.38. The molecule has 8 rings (SSSR count). The molecule has 4 N–H and O–H groups in total. The molecule has 11 nitrogen and oxygen atoms in total. The number of amides is 1. The van der Waals surface area contributed by atoms with Gasteiger partial charge in [-0.1, -0.05) is 36.1 Å². The second-order valence-corrected chi connectivity index (χ2v) is 11.5. The zero-order valence-electron chi connectivity index (χ0n) is 23.4. The summed E-state index contributed by atoms with van der Waals surface area (Å²) in [5, 5.41) is 18.9. The highest BCUT2D eigenvalue weighted by atomic mass is 16.3. The van der Waals surface area contributed by atoms with Crippen LogP contribution in [-0.4, -0.2) is 64.3 Å². The molecule has 1 saturated carbocycles. The fourth-order valence-electron chi connectivity index (χ4n) is 7.25. The van der Waals surface area contributed by atoms with E-state index in [2.05, 4.69) is 32.1 Å². The van der Waals surface area contributed by atoms with Crippen molar-refractivity contribution in [3.05, 3.63) is 94.3 Å². The maximum absolute atomic E-state index is 14.3. The number of carbonyl (C=O) groups excluding carboxylic acids is 1. The van der Waals surface area contributed by atoms with E-state index in [0.29, 0.717) is 33.6 Å². The third kappa shape index (κ3) is 3.48. The summed E-state index contributed by atoms with van der Waals surface area (Å²) < 4.78 is 2.95. The molecule has 5 heterocycles. The SMILES string of the molecule is C[C@H](NC(=O)c1c(N)nn2cccnc12)c1nc2cccc(C#CC3(O)C4CCN5CCC453)c2c(=O)n1-c1ccccc1. The number of nitrogen functional groups attached to an aromatic ring is 1. The summed E-state index contributed by atoms with van der Waals surface area (Å²) in [5.74, 6) is 6.37. The lowest BCUT2D eigenvalue weighted by molar-refractivity contribution is 0.0164. The zero-order valence-corrected chi connectivity index (χ0v) is 23.4. The predicted molar refractivity (Wildman–Crippen MR) is 159 cm³/mol. The Morgan fingerprint density at radius 2 is 2.00 bits per heavy atom.